The minimum Gasteiger partial charge on any atom is -0.283 e. The topological polar surface area (TPSA) is 46.2 Å². The SMILES string of the molecule is O=S(=O)(CBr)Nc1cc(F)c(Br)c(F)c1. The first-order valence-corrected chi connectivity index (χ1v) is 7.13. The van der Waals surface area contributed by atoms with Crippen molar-refractivity contribution in [3.05, 3.63) is 28.2 Å². The molecule has 1 aromatic carbocycles. The largest absolute Gasteiger partial charge is 0.283 e. The Hall–Kier alpha value is -0.210. The van der Waals surface area contributed by atoms with Crippen molar-refractivity contribution in [1.29, 1.82) is 0 Å². The number of benzene rings is 1. The van der Waals surface area contributed by atoms with Gasteiger partial charge in [0.2, 0.25) is 10.0 Å². The Balaban J connectivity index is 3.08. The highest BCUT2D eigenvalue weighted by Gasteiger charge is 2.12. The zero-order valence-corrected chi connectivity index (χ0v) is 11.1. The second-order valence-corrected chi connectivity index (χ2v) is 6.40. The molecule has 0 spiro atoms. The number of alkyl halides is 1. The molecule has 1 aromatic rings. The number of hydrogen-bond donors (Lipinski definition) is 1. The van der Waals surface area contributed by atoms with Gasteiger partial charge in [-0.2, -0.15) is 0 Å². The third-order valence-electron chi connectivity index (χ3n) is 1.40. The van der Waals surface area contributed by atoms with Crippen LogP contribution in [0.1, 0.15) is 0 Å². The molecule has 0 atom stereocenters. The fourth-order valence-electron chi connectivity index (χ4n) is 0.821. The molecule has 0 radical (unpaired) electrons. The Labute approximate surface area is 102 Å². The smallest absolute Gasteiger partial charge is 0.242 e. The van der Waals surface area contributed by atoms with Gasteiger partial charge in [0.25, 0.3) is 0 Å². The highest BCUT2D eigenvalue weighted by atomic mass is 79.9. The van der Waals surface area contributed by atoms with Crippen LogP contribution in [0.25, 0.3) is 0 Å². The van der Waals surface area contributed by atoms with Gasteiger partial charge in [0.1, 0.15) is 16.3 Å². The van der Waals surface area contributed by atoms with E-state index in [1.807, 2.05) is 4.72 Å². The summed E-state index contributed by atoms with van der Waals surface area (Å²) in [5.74, 6) is -1.75. The Bertz CT molecular complexity index is 455. The number of rotatable bonds is 3. The molecule has 0 aliphatic heterocycles. The molecule has 0 aliphatic carbocycles. The average molecular weight is 365 g/mol. The van der Waals surface area contributed by atoms with Gasteiger partial charge in [-0.05, 0) is 28.1 Å². The predicted octanol–water partition coefficient (Wildman–Crippen LogP) is 2.82. The molecule has 0 fully saturated rings. The summed E-state index contributed by atoms with van der Waals surface area (Å²) < 4.78 is 49.4. The molecule has 0 unspecified atom stereocenters. The summed E-state index contributed by atoms with van der Waals surface area (Å²) >= 11 is 5.41. The van der Waals surface area contributed by atoms with E-state index in [-0.39, 0.29) is 14.8 Å². The van der Waals surface area contributed by atoms with Crippen LogP contribution in [-0.4, -0.2) is 13.1 Å². The second-order valence-electron chi connectivity index (χ2n) is 2.58. The molecule has 0 aromatic heterocycles. The minimum atomic E-state index is -3.60. The van der Waals surface area contributed by atoms with E-state index < -0.39 is 21.7 Å². The highest BCUT2D eigenvalue weighted by Crippen LogP contribution is 2.24. The van der Waals surface area contributed by atoms with Crippen LogP contribution >= 0.6 is 31.9 Å². The lowest BCUT2D eigenvalue weighted by Gasteiger charge is -2.06. The van der Waals surface area contributed by atoms with Crippen molar-refractivity contribution in [2.75, 3.05) is 9.38 Å². The van der Waals surface area contributed by atoms with E-state index in [1.54, 1.807) is 0 Å². The highest BCUT2D eigenvalue weighted by molar-refractivity contribution is 9.11. The van der Waals surface area contributed by atoms with Crippen molar-refractivity contribution in [2.24, 2.45) is 0 Å². The predicted molar refractivity (Wildman–Crippen MR) is 60.4 cm³/mol. The van der Waals surface area contributed by atoms with Gasteiger partial charge in [0.05, 0.1) is 10.2 Å². The van der Waals surface area contributed by atoms with E-state index in [9.17, 15) is 17.2 Å². The Morgan fingerprint density at radius 3 is 2.13 bits per heavy atom. The number of anilines is 1. The minimum absolute atomic E-state index is 0.160. The van der Waals surface area contributed by atoms with Gasteiger partial charge in [0, 0.05) is 0 Å². The average Bonchev–Trinajstić information content (AvgIpc) is 2.13. The standard InChI is InChI=1S/C7H5Br2F2NO2S/c8-3-15(13,14)12-4-1-5(10)7(9)6(11)2-4/h1-2,12H,3H2. The maximum absolute atomic E-state index is 13.0. The first-order valence-electron chi connectivity index (χ1n) is 3.57. The van der Waals surface area contributed by atoms with Crippen molar-refractivity contribution in [3.8, 4) is 0 Å². The van der Waals surface area contributed by atoms with E-state index in [1.165, 1.54) is 0 Å². The van der Waals surface area contributed by atoms with Crippen molar-refractivity contribution in [1.82, 2.24) is 0 Å². The van der Waals surface area contributed by atoms with Gasteiger partial charge in [0.15, 0.2) is 0 Å². The number of sulfonamides is 1. The third kappa shape index (κ3) is 3.39. The van der Waals surface area contributed by atoms with Crippen molar-refractivity contribution >= 4 is 47.6 Å². The Morgan fingerprint density at radius 1 is 1.27 bits per heavy atom. The van der Waals surface area contributed by atoms with Crippen LogP contribution < -0.4 is 4.72 Å². The first-order chi connectivity index (χ1) is 6.85. The summed E-state index contributed by atoms with van der Waals surface area (Å²) in [5, 5.41) is 0. The fourth-order valence-corrected chi connectivity index (χ4v) is 1.93. The second kappa shape index (κ2) is 4.75. The molecule has 84 valence electrons. The number of hydrogen-bond acceptors (Lipinski definition) is 2. The van der Waals surface area contributed by atoms with Crippen LogP contribution in [0.3, 0.4) is 0 Å². The molecular formula is C7H5Br2F2NO2S. The molecule has 0 heterocycles. The molecule has 1 rings (SSSR count). The molecule has 15 heavy (non-hydrogen) atoms. The maximum Gasteiger partial charge on any atom is 0.242 e. The van der Waals surface area contributed by atoms with Gasteiger partial charge in [-0.25, -0.2) is 17.2 Å². The van der Waals surface area contributed by atoms with E-state index in [2.05, 4.69) is 31.9 Å². The molecule has 0 saturated carbocycles. The van der Waals surface area contributed by atoms with Crippen molar-refractivity contribution in [3.63, 3.8) is 0 Å². The first kappa shape index (κ1) is 12.9. The van der Waals surface area contributed by atoms with Gasteiger partial charge >= 0.3 is 0 Å². The fraction of sp³-hybridized carbons (Fsp3) is 0.143. The Morgan fingerprint density at radius 2 is 1.73 bits per heavy atom. The number of nitrogens with one attached hydrogen (secondary N) is 1. The lowest BCUT2D eigenvalue weighted by atomic mass is 10.3. The summed E-state index contributed by atoms with van der Waals surface area (Å²) in [7, 11) is -3.60. The zero-order chi connectivity index (χ0) is 11.6. The summed E-state index contributed by atoms with van der Waals surface area (Å²) in [5.41, 5.74) is -0.160. The van der Waals surface area contributed by atoms with Gasteiger partial charge in [-0.3, -0.25) is 4.72 Å². The van der Waals surface area contributed by atoms with Crippen LogP contribution in [-0.2, 0) is 10.0 Å². The molecule has 3 nitrogen and oxygen atoms in total. The van der Waals surface area contributed by atoms with Crippen molar-refractivity contribution < 1.29 is 17.2 Å². The van der Waals surface area contributed by atoms with Crippen LogP contribution in [0, 0.1) is 11.6 Å². The summed E-state index contributed by atoms with van der Waals surface area (Å²) in [4.78, 5) is 0. The van der Waals surface area contributed by atoms with Crippen LogP contribution in [0.4, 0.5) is 14.5 Å². The third-order valence-corrected chi connectivity index (χ3v) is 4.80. The quantitative estimate of drug-likeness (QED) is 0.662. The number of halogens is 4. The van der Waals surface area contributed by atoms with Crippen LogP contribution in [0.2, 0.25) is 0 Å². The summed E-state index contributed by atoms with van der Waals surface area (Å²) in [6.07, 6.45) is 0. The molecule has 0 aliphatic rings. The lowest BCUT2D eigenvalue weighted by Crippen LogP contribution is -2.13. The molecule has 0 saturated heterocycles. The van der Waals surface area contributed by atoms with Gasteiger partial charge in [-0.15, -0.1) is 0 Å². The maximum atomic E-state index is 13.0. The molecule has 1 N–H and O–H groups in total. The normalized spacial score (nSPS) is 11.5. The molecule has 0 amide bonds. The van der Waals surface area contributed by atoms with E-state index >= 15 is 0 Å². The zero-order valence-electron chi connectivity index (χ0n) is 7.10. The van der Waals surface area contributed by atoms with Crippen molar-refractivity contribution in [2.45, 2.75) is 0 Å². The Kier molecular flexibility index (Phi) is 4.07. The van der Waals surface area contributed by atoms with E-state index in [4.69, 9.17) is 0 Å². The van der Waals surface area contributed by atoms with E-state index in [0.717, 1.165) is 12.1 Å². The van der Waals surface area contributed by atoms with Crippen LogP contribution in [0.5, 0.6) is 0 Å². The van der Waals surface area contributed by atoms with Gasteiger partial charge < -0.3 is 0 Å². The molecule has 0 bridgehead atoms. The van der Waals surface area contributed by atoms with Gasteiger partial charge in [-0.1, -0.05) is 15.9 Å². The molecule has 8 heteroatoms. The monoisotopic (exact) mass is 363 g/mol. The summed E-state index contributed by atoms with van der Waals surface area (Å²) in [6.45, 7) is 0. The summed E-state index contributed by atoms with van der Waals surface area (Å²) in [6, 6.07) is 1.76. The lowest BCUT2D eigenvalue weighted by molar-refractivity contribution is 0.573. The van der Waals surface area contributed by atoms with E-state index in [0.29, 0.717) is 0 Å². The molecular weight excluding hydrogens is 360 g/mol. The van der Waals surface area contributed by atoms with Crippen LogP contribution in [0.15, 0.2) is 16.6 Å².